The van der Waals surface area contributed by atoms with Crippen LogP contribution in [0.25, 0.3) is 0 Å². The van der Waals surface area contributed by atoms with Crippen molar-refractivity contribution < 1.29 is 18.5 Å². The average Bonchev–Trinajstić information content (AvgIpc) is 2.51. The van der Waals surface area contributed by atoms with Crippen LogP contribution in [0.15, 0.2) is 18.2 Å². The van der Waals surface area contributed by atoms with E-state index in [-0.39, 0.29) is 12.2 Å². The smallest absolute Gasteiger partial charge is 0.306 e. The molecule has 0 atom stereocenters. The van der Waals surface area contributed by atoms with Gasteiger partial charge in [-0.05, 0) is 12.5 Å². The molecule has 0 radical (unpaired) electrons. The van der Waals surface area contributed by atoms with Crippen LogP contribution in [-0.2, 0) is 10.7 Å². The summed E-state index contributed by atoms with van der Waals surface area (Å²) in [7, 11) is 0. The number of non-ortho nitro benzene ring substituents is 1. The minimum Gasteiger partial charge on any atom is -0.306 e. The van der Waals surface area contributed by atoms with Crippen molar-refractivity contribution in [3.63, 3.8) is 0 Å². The highest BCUT2D eigenvalue weighted by molar-refractivity contribution is 6.06. The fourth-order valence-electron chi connectivity index (χ4n) is 1.96. The normalized spacial score (nSPS) is 16.8. The van der Waals surface area contributed by atoms with Crippen molar-refractivity contribution in [1.29, 1.82) is 0 Å². The molecule has 1 aromatic rings. The van der Waals surface area contributed by atoms with Gasteiger partial charge in [0.05, 0.1) is 16.2 Å². The monoisotopic (exact) mass is 256 g/mol. The lowest BCUT2D eigenvalue weighted by atomic mass is 10.1. The summed E-state index contributed by atoms with van der Waals surface area (Å²) in [6.45, 7) is 1.92. The van der Waals surface area contributed by atoms with Crippen LogP contribution in [-0.4, -0.2) is 17.4 Å². The number of benzene rings is 1. The minimum atomic E-state index is -3.68. The summed E-state index contributed by atoms with van der Waals surface area (Å²) in [6.07, 6.45) is 0.526. The van der Waals surface area contributed by atoms with E-state index < -0.39 is 28.0 Å². The summed E-state index contributed by atoms with van der Waals surface area (Å²) < 4.78 is 27.5. The Morgan fingerprint density at radius 1 is 1.44 bits per heavy atom. The molecule has 1 amide bonds. The average molecular weight is 256 g/mol. The number of nitrogens with zero attached hydrogens (tertiary/aromatic N) is 2. The highest BCUT2D eigenvalue weighted by atomic mass is 19.3. The Morgan fingerprint density at radius 2 is 2.11 bits per heavy atom. The number of alkyl halides is 2. The first-order valence-corrected chi connectivity index (χ1v) is 5.38. The van der Waals surface area contributed by atoms with Crippen molar-refractivity contribution in [2.24, 2.45) is 0 Å². The van der Waals surface area contributed by atoms with Gasteiger partial charge >= 0.3 is 11.8 Å². The van der Waals surface area contributed by atoms with E-state index in [0.717, 1.165) is 17.0 Å². The Labute approximate surface area is 101 Å². The second-order valence-electron chi connectivity index (χ2n) is 3.99. The number of anilines is 1. The molecule has 0 aromatic heterocycles. The zero-order valence-corrected chi connectivity index (χ0v) is 9.52. The van der Waals surface area contributed by atoms with E-state index in [0.29, 0.717) is 6.42 Å². The van der Waals surface area contributed by atoms with Gasteiger partial charge in [-0.3, -0.25) is 14.9 Å². The molecule has 1 aromatic carbocycles. The molecule has 7 heteroatoms. The van der Waals surface area contributed by atoms with Crippen LogP contribution in [0.1, 0.15) is 18.9 Å². The number of carbonyl (C=O) groups excluding carboxylic acids is 1. The van der Waals surface area contributed by atoms with Crippen molar-refractivity contribution in [2.45, 2.75) is 19.3 Å². The van der Waals surface area contributed by atoms with Crippen LogP contribution in [0, 0.1) is 10.1 Å². The van der Waals surface area contributed by atoms with E-state index in [1.807, 2.05) is 0 Å². The topological polar surface area (TPSA) is 63.5 Å². The van der Waals surface area contributed by atoms with Crippen LogP contribution < -0.4 is 4.90 Å². The van der Waals surface area contributed by atoms with E-state index in [1.165, 1.54) is 6.07 Å². The Bertz CT molecular complexity index is 531. The van der Waals surface area contributed by atoms with Gasteiger partial charge in [-0.2, -0.15) is 8.78 Å². The second-order valence-corrected chi connectivity index (χ2v) is 3.99. The molecule has 96 valence electrons. The number of carbonyl (C=O) groups is 1. The summed E-state index contributed by atoms with van der Waals surface area (Å²) in [5.41, 5.74) is -0.979. The summed E-state index contributed by atoms with van der Waals surface area (Å²) in [6, 6.07) is 3.08. The van der Waals surface area contributed by atoms with Crippen LogP contribution in [0.5, 0.6) is 0 Å². The van der Waals surface area contributed by atoms with Crippen molar-refractivity contribution in [2.75, 3.05) is 11.4 Å². The lowest BCUT2D eigenvalue weighted by Gasteiger charge is -2.15. The standard InChI is InChI=1S/C11H10F2N2O3/c1-2-5-14-9-4-3-7(15(17)18)6-8(9)11(12,13)10(14)16/h3-4,6H,2,5H2,1H3. The molecule has 0 bridgehead atoms. The Kier molecular flexibility index (Phi) is 2.76. The second kappa shape index (κ2) is 4.01. The minimum absolute atomic E-state index is 0.0532. The predicted octanol–water partition coefficient (Wildman–Crippen LogP) is 2.44. The molecule has 5 nitrogen and oxygen atoms in total. The quantitative estimate of drug-likeness (QED) is 0.616. The first-order valence-electron chi connectivity index (χ1n) is 5.38. The molecule has 1 heterocycles. The van der Waals surface area contributed by atoms with Gasteiger partial charge < -0.3 is 4.90 Å². The number of amides is 1. The number of nitro groups is 1. The van der Waals surface area contributed by atoms with Gasteiger partial charge in [-0.25, -0.2) is 0 Å². The maximum Gasteiger partial charge on any atom is 0.352 e. The number of fused-ring (bicyclic) bond motifs is 1. The van der Waals surface area contributed by atoms with Gasteiger partial charge in [0, 0.05) is 18.7 Å². The van der Waals surface area contributed by atoms with Crippen LogP contribution in [0.4, 0.5) is 20.2 Å². The molecule has 18 heavy (non-hydrogen) atoms. The number of nitro benzene ring substituents is 1. The molecule has 2 rings (SSSR count). The molecule has 0 aliphatic carbocycles. The molecule has 0 saturated carbocycles. The molecule has 0 unspecified atom stereocenters. The highest BCUT2D eigenvalue weighted by Crippen LogP contribution is 2.45. The van der Waals surface area contributed by atoms with E-state index in [4.69, 9.17) is 0 Å². The first kappa shape index (κ1) is 12.4. The van der Waals surface area contributed by atoms with Gasteiger partial charge in [-0.15, -0.1) is 0 Å². The third-order valence-electron chi connectivity index (χ3n) is 2.78. The molecular formula is C11H10F2N2O3. The Hall–Kier alpha value is -2.05. The summed E-state index contributed by atoms with van der Waals surface area (Å²) in [4.78, 5) is 22.3. The molecular weight excluding hydrogens is 246 g/mol. The maximum absolute atomic E-state index is 13.7. The molecule has 0 saturated heterocycles. The lowest BCUT2D eigenvalue weighted by Crippen LogP contribution is -2.34. The molecule has 1 aliphatic heterocycles. The highest BCUT2D eigenvalue weighted by Gasteiger charge is 2.53. The third-order valence-corrected chi connectivity index (χ3v) is 2.78. The lowest BCUT2D eigenvalue weighted by molar-refractivity contribution is -0.385. The van der Waals surface area contributed by atoms with Crippen molar-refractivity contribution in [3.8, 4) is 0 Å². The molecule has 1 aliphatic rings. The SMILES string of the molecule is CCCN1C(=O)C(F)(F)c2cc([N+](=O)[O-])ccc21. The molecule has 0 spiro atoms. The van der Waals surface area contributed by atoms with Crippen LogP contribution >= 0.6 is 0 Å². The van der Waals surface area contributed by atoms with Gasteiger partial charge in [-0.1, -0.05) is 6.92 Å². The van der Waals surface area contributed by atoms with Gasteiger partial charge in [0.2, 0.25) is 0 Å². The zero-order chi connectivity index (χ0) is 13.5. The fourth-order valence-corrected chi connectivity index (χ4v) is 1.96. The largest absolute Gasteiger partial charge is 0.352 e. The summed E-state index contributed by atoms with van der Waals surface area (Å²) >= 11 is 0. The van der Waals surface area contributed by atoms with Gasteiger partial charge in [0.1, 0.15) is 0 Å². The molecule has 0 fully saturated rings. The van der Waals surface area contributed by atoms with E-state index in [2.05, 4.69) is 0 Å². The van der Waals surface area contributed by atoms with Gasteiger partial charge in [0.15, 0.2) is 0 Å². The zero-order valence-electron chi connectivity index (χ0n) is 9.52. The van der Waals surface area contributed by atoms with Crippen molar-refractivity contribution in [3.05, 3.63) is 33.9 Å². The van der Waals surface area contributed by atoms with Crippen LogP contribution in [0.2, 0.25) is 0 Å². The summed E-state index contributed by atoms with van der Waals surface area (Å²) in [5, 5.41) is 10.6. The number of halogens is 2. The predicted molar refractivity (Wildman–Crippen MR) is 59.6 cm³/mol. The van der Waals surface area contributed by atoms with E-state index >= 15 is 0 Å². The van der Waals surface area contributed by atoms with E-state index in [9.17, 15) is 23.7 Å². The Morgan fingerprint density at radius 3 is 2.67 bits per heavy atom. The van der Waals surface area contributed by atoms with E-state index in [1.54, 1.807) is 6.92 Å². The fraction of sp³-hybridized carbons (Fsp3) is 0.364. The number of hydrogen-bond donors (Lipinski definition) is 0. The maximum atomic E-state index is 13.7. The number of rotatable bonds is 3. The van der Waals surface area contributed by atoms with Gasteiger partial charge in [0.25, 0.3) is 5.69 Å². The summed E-state index contributed by atoms with van der Waals surface area (Å²) in [5.74, 6) is -5.00. The first-order chi connectivity index (χ1) is 8.39. The molecule has 0 N–H and O–H groups in total. The van der Waals surface area contributed by atoms with Crippen LogP contribution in [0.3, 0.4) is 0 Å². The van der Waals surface area contributed by atoms with Crippen molar-refractivity contribution in [1.82, 2.24) is 0 Å². The third kappa shape index (κ3) is 1.62. The Balaban J connectivity index is 2.57. The number of hydrogen-bond acceptors (Lipinski definition) is 3. The van der Waals surface area contributed by atoms with Crippen molar-refractivity contribution >= 4 is 17.3 Å².